The largest absolute Gasteiger partial charge is 0.466 e. The molecule has 0 spiro atoms. The van der Waals surface area contributed by atoms with Gasteiger partial charge >= 0.3 is 5.97 Å². The number of rotatable bonds is 3. The number of hydrogen-bond donors (Lipinski definition) is 0. The van der Waals surface area contributed by atoms with E-state index in [-0.39, 0.29) is 11.9 Å². The van der Waals surface area contributed by atoms with E-state index in [1.165, 1.54) is 0 Å². The monoisotopic (exact) mass is 207 g/mol. The van der Waals surface area contributed by atoms with Crippen LogP contribution in [0.25, 0.3) is 0 Å². The van der Waals surface area contributed by atoms with Crippen LogP contribution in [0.3, 0.4) is 0 Å². The van der Waals surface area contributed by atoms with Gasteiger partial charge in [-0.05, 0) is 13.3 Å². The van der Waals surface area contributed by atoms with Gasteiger partial charge in [-0.3, -0.25) is 9.69 Å². The van der Waals surface area contributed by atoms with Crippen LogP contribution < -0.4 is 0 Å². The molecule has 1 heterocycles. The molecule has 0 amide bonds. The molecule has 1 saturated heterocycles. The van der Waals surface area contributed by atoms with Crippen LogP contribution in [0.5, 0.6) is 0 Å². The van der Waals surface area contributed by atoms with Crippen molar-refractivity contribution in [2.45, 2.75) is 19.4 Å². The SMILES string of the molecule is CCOC(=O)C1CN([C@@H]2C=CC=CC2)C1. The molecule has 1 aliphatic heterocycles. The van der Waals surface area contributed by atoms with E-state index in [4.69, 9.17) is 4.74 Å². The van der Waals surface area contributed by atoms with Crippen molar-refractivity contribution >= 4 is 5.97 Å². The molecule has 0 N–H and O–H groups in total. The van der Waals surface area contributed by atoms with Gasteiger partial charge in [0.2, 0.25) is 0 Å². The van der Waals surface area contributed by atoms with Crippen molar-refractivity contribution in [1.82, 2.24) is 4.90 Å². The van der Waals surface area contributed by atoms with Crippen LogP contribution in [0.4, 0.5) is 0 Å². The van der Waals surface area contributed by atoms with Crippen LogP contribution in [0, 0.1) is 5.92 Å². The Kier molecular flexibility index (Phi) is 3.21. The molecule has 0 saturated carbocycles. The predicted octanol–water partition coefficient (Wildman–Crippen LogP) is 1.37. The van der Waals surface area contributed by atoms with Gasteiger partial charge < -0.3 is 4.74 Å². The Labute approximate surface area is 90.4 Å². The lowest BCUT2D eigenvalue weighted by Gasteiger charge is -2.42. The zero-order chi connectivity index (χ0) is 10.7. The molecule has 2 aliphatic rings. The van der Waals surface area contributed by atoms with E-state index in [0.717, 1.165) is 19.5 Å². The lowest BCUT2D eigenvalue weighted by atomic mass is 9.95. The van der Waals surface area contributed by atoms with Crippen molar-refractivity contribution in [2.75, 3.05) is 19.7 Å². The Balaban J connectivity index is 1.75. The van der Waals surface area contributed by atoms with E-state index in [2.05, 4.69) is 29.2 Å². The molecule has 3 nitrogen and oxygen atoms in total. The highest BCUT2D eigenvalue weighted by Crippen LogP contribution is 2.23. The van der Waals surface area contributed by atoms with E-state index < -0.39 is 0 Å². The number of hydrogen-bond acceptors (Lipinski definition) is 3. The fourth-order valence-corrected chi connectivity index (χ4v) is 2.03. The highest BCUT2D eigenvalue weighted by Gasteiger charge is 2.36. The molecule has 3 heteroatoms. The number of carbonyl (C=O) groups excluding carboxylic acids is 1. The van der Waals surface area contributed by atoms with Crippen molar-refractivity contribution in [3.63, 3.8) is 0 Å². The first-order valence-corrected chi connectivity index (χ1v) is 5.55. The third kappa shape index (κ3) is 2.29. The van der Waals surface area contributed by atoms with Gasteiger partial charge in [0.05, 0.1) is 12.5 Å². The maximum Gasteiger partial charge on any atom is 0.311 e. The molecule has 82 valence electrons. The van der Waals surface area contributed by atoms with E-state index in [1.54, 1.807) is 0 Å². The quantitative estimate of drug-likeness (QED) is 0.654. The Morgan fingerprint density at radius 1 is 1.47 bits per heavy atom. The highest BCUT2D eigenvalue weighted by atomic mass is 16.5. The molecule has 2 rings (SSSR count). The second kappa shape index (κ2) is 4.62. The summed E-state index contributed by atoms with van der Waals surface area (Å²) in [5.41, 5.74) is 0. The average Bonchev–Trinajstić information content (AvgIpc) is 2.17. The van der Waals surface area contributed by atoms with Crippen LogP contribution in [0.2, 0.25) is 0 Å². The second-order valence-corrected chi connectivity index (χ2v) is 4.02. The summed E-state index contributed by atoms with van der Waals surface area (Å²) in [6.07, 6.45) is 9.57. The predicted molar refractivity (Wildman–Crippen MR) is 58.4 cm³/mol. The molecule has 1 fully saturated rings. The summed E-state index contributed by atoms with van der Waals surface area (Å²) in [6.45, 7) is 4.04. The first-order valence-electron chi connectivity index (χ1n) is 5.55. The Morgan fingerprint density at radius 2 is 2.27 bits per heavy atom. The van der Waals surface area contributed by atoms with Gasteiger partial charge in [0.15, 0.2) is 0 Å². The molecule has 0 unspecified atom stereocenters. The number of ether oxygens (including phenoxy) is 1. The third-order valence-electron chi connectivity index (χ3n) is 2.96. The van der Waals surface area contributed by atoms with E-state index in [1.807, 2.05) is 6.92 Å². The summed E-state index contributed by atoms with van der Waals surface area (Å²) in [7, 11) is 0. The first-order chi connectivity index (χ1) is 7.31. The molecule has 15 heavy (non-hydrogen) atoms. The first kappa shape index (κ1) is 10.4. The fourth-order valence-electron chi connectivity index (χ4n) is 2.03. The van der Waals surface area contributed by atoms with Gasteiger partial charge in [0, 0.05) is 19.1 Å². The van der Waals surface area contributed by atoms with Gasteiger partial charge in [0.1, 0.15) is 0 Å². The maximum absolute atomic E-state index is 11.4. The summed E-state index contributed by atoms with van der Waals surface area (Å²) in [5.74, 6) is 0.0633. The molecular weight excluding hydrogens is 190 g/mol. The second-order valence-electron chi connectivity index (χ2n) is 4.02. The van der Waals surface area contributed by atoms with Gasteiger partial charge in [-0.2, -0.15) is 0 Å². The Morgan fingerprint density at radius 3 is 2.87 bits per heavy atom. The van der Waals surface area contributed by atoms with E-state index in [9.17, 15) is 4.79 Å². The summed E-state index contributed by atoms with van der Waals surface area (Å²) < 4.78 is 4.98. The number of nitrogens with zero attached hydrogens (tertiary/aromatic N) is 1. The van der Waals surface area contributed by atoms with Crippen LogP contribution >= 0.6 is 0 Å². The van der Waals surface area contributed by atoms with Gasteiger partial charge in [-0.15, -0.1) is 0 Å². The van der Waals surface area contributed by atoms with E-state index in [0.29, 0.717) is 12.6 Å². The van der Waals surface area contributed by atoms with Crippen LogP contribution in [0.1, 0.15) is 13.3 Å². The molecule has 1 atom stereocenters. The molecule has 0 bridgehead atoms. The van der Waals surface area contributed by atoms with Crippen LogP contribution in [0.15, 0.2) is 24.3 Å². The number of allylic oxidation sites excluding steroid dienone is 2. The van der Waals surface area contributed by atoms with Crippen molar-refractivity contribution in [3.05, 3.63) is 24.3 Å². The van der Waals surface area contributed by atoms with Crippen molar-refractivity contribution in [1.29, 1.82) is 0 Å². The Bertz CT molecular complexity index is 290. The van der Waals surface area contributed by atoms with Gasteiger partial charge in [-0.25, -0.2) is 0 Å². The zero-order valence-corrected chi connectivity index (χ0v) is 9.06. The van der Waals surface area contributed by atoms with Crippen molar-refractivity contribution in [2.24, 2.45) is 5.92 Å². The smallest absolute Gasteiger partial charge is 0.311 e. The van der Waals surface area contributed by atoms with Crippen LogP contribution in [-0.4, -0.2) is 36.6 Å². The summed E-state index contributed by atoms with van der Waals surface area (Å²) in [6, 6.07) is 0.487. The summed E-state index contributed by atoms with van der Waals surface area (Å²) in [4.78, 5) is 13.7. The van der Waals surface area contributed by atoms with E-state index >= 15 is 0 Å². The average molecular weight is 207 g/mol. The van der Waals surface area contributed by atoms with Gasteiger partial charge in [0.25, 0.3) is 0 Å². The molecule has 0 aromatic carbocycles. The topological polar surface area (TPSA) is 29.5 Å². The van der Waals surface area contributed by atoms with Crippen molar-refractivity contribution in [3.8, 4) is 0 Å². The highest BCUT2D eigenvalue weighted by molar-refractivity contribution is 5.74. The van der Waals surface area contributed by atoms with Crippen LogP contribution in [-0.2, 0) is 9.53 Å². The lowest BCUT2D eigenvalue weighted by Crippen LogP contribution is -2.54. The number of likely N-dealkylation sites (tertiary alicyclic amines) is 1. The molecule has 0 aromatic rings. The minimum atomic E-state index is -0.0379. The summed E-state index contributed by atoms with van der Waals surface area (Å²) in [5, 5.41) is 0. The number of carbonyl (C=O) groups is 1. The minimum absolute atomic E-state index is 0.0379. The van der Waals surface area contributed by atoms with Crippen molar-refractivity contribution < 1.29 is 9.53 Å². The lowest BCUT2D eigenvalue weighted by molar-refractivity contribution is -0.154. The van der Waals surface area contributed by atoms with Gasteiger partial charge in [-0.1, -0.05) is 24.3 Å². The normalized spacial score (nSPS) is 26.3. The fraction of sp³-hybridized carbons (Fsp3) is 0.583. The Hall–Kier alpha value is -1.09. The standard InChI is InChI=1S/C12H17NO2/c1-2-15-12(14)10-8-13(9-10)11-6-4-3-5-7-11/h3-6,10-11H,2,7-9H2,1H3/t11-/m1/s1. The summed E-state index contributed by atoms with van der Waals surface area (Å²) >= 11 is 0. The molecule has 0 radical (unpaired) electrons. The maximum atomic E-state index is 11.4. The zero-order valence-electron chi connectivity index (χ0n) is 9.06. The third-order valence-corrected chi connectivity index (χ3v) is 2.96. The molecule has 0 aromatic heterocycles. The minimum Gasteiger partial charge on any atom is -0.466 e. The molecule has 1 aliphatic carbocycles. The number of esters is 1. The molecular formula is C12H17NO2.